The number of anilines is 1. The third kappa shape index (κ3) is 4.20. The lowest BCUT2D eigenvalue weighted by molar-refractivity contribution is -0.119. The molecule has 0 aliphatic heterocycles. The molecule has 1 amide bonds. The third-order valence-electron chi connectivity index (χ3n) is 3.33. The standard InChI is InChI=1S/C17H18INO2/c1-12(16(18)13-6-4-3-5-7-13)17(20)19-14-8-10-15(21-2)11-9-14/h3-12,16H,1-2H3,(H,19,20)/t12-,16+/m1/s1. The van der Waals surface area contributed by atoms with Gasteiger partial charge in [-0.3, -0.25) is 4.79 Å². The van der Waals surface area contributed by atoms with Gasteiger partial charge in [-0.05, 0) is 29.8 Å². The molecule has 1 N–H and O–H groups in total. The minimum Gasteiger partial charge on any atom is -0.497 e. The van der Waals surface area contributed by atoms with Crippen molar-refractivity contribution in [3.05, 3.63) is 60.2 Å². The van der Waals surface area contributed by atoms with E-state index >= 15 is 0 Å². The van der Waals surface area contributed by atoms with Crippen LogP contribution < -0.4 is 10.1 Å². The summed E-state index contributed by atoms with van der Waals surface area (Å²) in [6.45, 7) is 1.95. The smallest absolute Gasteiger partial charge is 0.228 e. The molecule has 2 aromatic carbocycles. The molecule has 0 unspecified atom stereocenters. The Bertz CT molecular complexity index is 583. The minimum atomic E-state index is -0.116. The lowest BCUT2D eigenvalue weighted by Gasteiger charge is -2.18. The first kappa shape index (κ1) is 15.8. The molecule has 2 aromatic rings. The van der Waals surface area contributed by atoms with E-state index in [0.717, 1.165) is 17.0 Å². The van der Waals surface area contributed by atoms with Crippen molar-refractivity contribution >= 4 is 34.2 Å². The van der Waals surface area contributed by atoms with Crippen LogP contribution in [0.25, 0.3) is 0 Å². The van der Waals surface area contributed by atoms with Crippen LogP contribution in [0.3, 0.4) is 0 Å². The third-order valence-corrected chi connectivity index (χ3v) is 5.13. The van der Waals surface area contributed by atoms with E-state index in [1.54, 1.807) is 7.11 Å². The number of carbonyl (C=O) groups is 1. The first-order chi connectivity index (χ1) is 10.1. The van der Waals surface area contributed by atoms with Crippen molar-refractivity contribution in [2.24, 2.45) is 5.92 Å². The summed E-state index contributed by atoms with van der Waals surface area (Å²) < 4.78 is 5.24. The van der Waals surface area contributed by atoms with Crippen molar-refractivity contribution in [2.45, 2.75) is 10.8 Å². The van der Waals surface area contributed by atoms with E-state index in [2.05, 4.69) is 27.9 Å². The molecule has 0 fully saturated rings. The Kier molecular flexibility index (Phi) is 5.61. The van der Waals surface area contributed by atoms with E-state index in [9.17, 15) is 4.79 Å². The van der Waals surface area contributed by atoms with Gasteiger partial charge in [0.25, 0.3) is 0 Å². The molecule has 21 heavy (non-hydrogen) atoms. The maximum atomic E-state index is 12.3. The summed E-state index contributed by atoms with van der Waals surface area (Å²) >= 11 is 2.32. The zero-order valence-electron chi connectivity index (χ0n) is 12.0. The van der Waals surface area contributed by atoms with Crippen LogP contribution in [0, 0.1) is 5.92 Å². The molecule has 110 valence electrons. The molecule has 0 saturated heterocycles. The molecule has 0 aliphatic carbocycles. The van der Waals surface area contributed by atoms with Gasteiger partial charge in [0.15, 0.2) is 0 Å². The van der Waals surface area contributed by atoms with Crippen molar-refractivity contribution < 1.29 is 9.53 Å². The largest absolute Gasteiger partial charge is 0.497 e. The second kappa shape index (κ2) is 7.45. The molecule has 2 rings (SSSR count). The van der Waals surface area contributed by atoms with Crippen molar-refractivity contribution in [1.29, 1.82) is 0 Å². The van der Waals surface area contributed by atoms with Gasteiger partial charge in [-0.2, -0.15) is 0 Å². The number of methoxy groups -OCH3 is 1. The first-order valence-corrected chi connectivity index (χ1v) is 8.00. The highest BCUT2D eigenvalue weighted by atomic mass is 127. The lowest BCUT2D eigenvalue weighted by atomic mass is 10.0. The van der Waals surface area contributed by atoms with Gasteiger partial charge in [0.2, 0.25) is 5.91 Å². The number of hydrogen-bond donors (Lipinski definition) is 1. The monoisotopic (exact) mass is 395 g/mol. The molecule has 0 spiro atoms. The topological polar surface area (TPSA) is 38.3 Å². The summed E-state index contributed by atoms with van der Waals surface area (Å²) in [7, 11) is 1.62. The molecule has 2 atom stereocenters. The number of amides is 1. The summed E-state index contributed by atoms with van der Waals surface area (Å²) in [4.78, 5) is 12.3. The number of ether oxygens (including phenoxy) is 1. The van der Waals surface area contributed by atoms with Gasteiger partial charge in [0, 0.05) is 9.61 Å². The number of nitrogens with one attached hydrogen (secondary N) is 1. The van der Waals surface area contributed by atoms with E-state index in [0.29, 0.717) is 0 Å². The molecule has 0 aromatic heterocycles. The van der Waals surface area contributed by atoms with Gasteiger partial charge in [0.1, 0.15) is 5.75 Å². The summed E-state index contributed by atoms with van der Waals surface area (Å²) in [6.07, 6.45) is 0. The Balaban J connectivity index is 2.01. The van der Waals surface area contributed by atoms with Crippen LogP contribution in [-0.2, 0) is 4.79 Å². The van der Waals surface area contributed by atoms with E-state index in [1.165, 1.54) is 0 Å². The van der Waals surface area contributed by atoms with Crippen molar-refractivity contribution in [3.63, 3.8) is 0 Å². The maximum Gasteiger partial charge on any atom is 0.228 e. The predicted octanol–water partition coefficient (Wildman–Crippen LogP) is 4.45. The number of alkyl halides is 1. The van der Waals surface area contributed by atoms with Gasteiger partial charge < -0.3 is 10.1 Å². The molecule has 3 nitrogen and oxygen atoms in total. The molecular formula is C17H18INO2. The summed E-state index contributed by atoms with van der Waals surface area (Å²) in [5.41, 5.74) is 1.94. The lowest BCUT2D eigenvalue weighted by Crippen LogP contribution is -2.23. The normalized spacial score (nSPS) is 13.3. The Morgan fingerprint density at radius 3 is 2.29 bits per heavy atom. The number of carbonyl (C=O) groups excluding carboxylic acids is 1. The molecule has 0 saturated carbocycles. The Labute approximate surface area is 138 Å². The number of halogens is 1. The fraction of sp³-hybridized carbons (Fsp3) is 0.235. The van der Waals surface area contributed by atoms with Gasteiger partial charge in [-0.25, -0.2) is 0 Å². The number of benzene rings is 2. The SMILES string of the molecule is COc1ccc(NC(=O)[C@H](C)[C@H](I)c2ccccc2)cc1. The van der Waals surface area contributed by atoms with Gasteiger partial charge >= 0.3 is 0 Å². The molecule has 0 radical (unpaired) electrons. The van der Waals surface area contributed by atoms with Crippen molar-refractivity contribution in [1.82, 2.24) is 0 Å². The van der Waals surface area contributed by atoms with E-state index in [-0.39, 0.29) is 15.7 Å². The second-order valence-electron chi connectivity index (χ2n) is 4.82. The van der Waals surface area contributed by atoms with Crippen molar-refractivity contribution in [3.8, 4) is 5.75 Å². The van der Waals surface area contributed by atoms with E-state index in [1.807, 2.05) is 61.5 Å². The summed E-state index contributed by atoms with van der Waals surface area (Å²) in [5.74, 6) is 0.677. The van der Waals surface area contributed by atoms with Crippen LogP contribution >= 0.6 is 22.6 Å². The Hall–Kier alpha value is -1.56. The average molecular weight is 395 g/mol. The van der Waals surface area contributed by atoms with Crippen LogP contribution in [0.1, 0.15) is 16.4 Å². The number of hydrogen-bond acceptors (Lipinski definition) is 2. The van der Waals surface area contributed by atoms with Crippen LogP contribution in [-0.4, -0.2) is 13.0 Å². The zero-order valence-corrected chi connectivity index (χ0v) is 14.2. The Morgan fingerprint density at radius 2 is 1.71 bits per heavy atom. The molecule has 0 aliphatic rings. The van der Waals surface area contributed by atoms with Gasteiger partial charge in [-0.1, -0.05) is 59.8 Å². The predicted molar refractivity (Wildman–Crippen MR) is 94.0 cm³/mol. The van der Waals surface area contributed by atoms with Crippen molar-refractivity contribution in [2.75, 3.05) is 12.4 Å². The highest BCUT2D eigenvalue weighted by Gasteiger charge is 2.23. The minimum absolute atomic E-state index is 0.0171. The number of rotatable bonds is 5. The van der Waals surface area contributed by atoms with Gasteiger partial charge in [0.05, 0.1) is 13.0 Å². The van der Waals surface area contributed by atoms with Crippen LogP contribution in [0.5, 0.6) is 5.75 Å². The maximum absolute atomic E-state index is 12.3. The highest BCUT2D eigenvalue weighted by molar-refractivity contribution is 14.1. The highest BCUT2D eigenvalue weighted by Crippen LogP contribution is 2.32. The molecular weight excluding hydrogens is 377 g/mol. The molecule has 0 heterocycles. The van der Waals surface area contributed by atoms with Gasteiger partial charge in [-0.15, -0.1) is 0 Å². The fourth-order valence-corrected chi connectivity index (χ4v) is 2.73. The fourth-order valence-electron chi connectivity index (χ4n) is 1.99. The zero-order chi connectivity index (χ0) is 15.2. The molecule has 0 bridgehead atoms. The first-order valence-electron chi connectivity index (χ1n) is 6.75. The summed E-state index contributed by atoms with van der Waals surface area (Å²) in [6, 6.07) is 17.4. The van der Waals surface area contributed by atoms with E-state index in [4.69, 9.17) is 4.74 Å². The molecule has 4 heteroatoms. The Morgan fingerprint density at radius 1 is 1.10 bits per heavy atom. The summed E-state index contributed by atoms with van der Waals surface area (Å²) in [5, 5.41) is 2.94. The van der Waals surface area contributed by atoms with Crippen LogP contribution in [0.15, 0.2) is 54.6 Å². The average Bonchev–Trinajstić information content (AvgIpc) is 2.55. The van der Waals surface area contributed by atoms with Crippen LogP contribution in [0.4, 0.5) is 5.69 Å². The second-order valence-corrected chi connectivity index (χ2v) is 6.16. The van der Waals surface area contributed by atoms with Crippen LogP contribution in [0.2, 0.25) is 0 Å². The van der Waals surface area contributed by atoms with E-state index < -0.39 is 0 Å². The quantitative estimate of drug-likeness (QED) is 0.600.